The molecule has 0 unspecified atom stereocenters. The van der Waals surface area contributed by atoms with E-state index in [4.69, 9.17) is 9.47 Å². The minimum Gasteiger partial charge on any atom is -0.489 e. The third-order valence-electron chi connectivity index (χ3n) is 3.45. The van der Waals surface area contributed by atoms with Crippen molar-refractivity contribution >= 4 is 22.0 Å². The fourth-order valence-electron chi connectivity index (χ4n) is 2.01. The highest BCUT2D eigenvalue weighted by atomic mass is 79.9. The Balaban J connectivity index is 1.90. The smallest absolute Gasteiger partial charge is 0.235 e. The molecule has 94 valence electrons. The number of hydrogen-bond acceptors (Lipinski definition) is 4. The van der Waals surface area contributed by atoms with E-state index in [2.05, 4.69) is 20.9 Å². The Bertz CT molecular complexity index is 533. The second kappa shape index (κ2) is 4.41. The van der Waals surface area contributed by atoms with E-state index < -0.39 is 0 Å². The molecule has 3 rings (SSSR count). The summed E-state index contributed by atoms with van der Waals surface area (Å²) in [5.74, 6) is 1.49. The van der Waals surface area contributed by atoms with Crippen LogP contribution in [0.25, 0.3) is 0 Å². The molecular formula is C13H12BrNO3. The van der Waals surface area contributed by atoms with Crippen LogP contribution in [0.1, 0.15) is 18.4 Å². The van der Waals surface area contributed by atoms with Crippen LogP contribution >= 0.6 is 15.9 Å². The molecule has 1 aromatic rings. The molecule has 0 bridgehead atoms. The van der Waals surface area contributed by atoms with Crippen molar-refractivity contribution in [2.75, 3.05) is 13.2 Å². The van der Waals surface area contributed by atoms with Gasteiger partial charge in [-0.3, -0.25) is 0 Å². The molecule has 1 saturated carbocycles. The van der Waals surface area contributed by atoms with Crippen LogP contribution < -0.4 is 9.47 Å². The van der Waals surface area contributed by atoms with Gasteiger partial charge in [-0.25, -0.2) is 9.79 Å². The van der Waals surface area contributed by atoms with Crippen LogP contribution in [0.2, 0.25) is 0 Å². The van der Waals surface area contributed by atoms with E-state index in [9.17, 15) is 4.79 Å². The third-order valence-corrected chi connectivity index (χ3v) is 4.19. The number of hydrogen-bond donors (Lipinski definition) is 0. The van der Waals surface area contributed by atoms with Gasteiger partial charge in [-0.05, 0) is 30.5 Å². The van der Waals surface area contributed by atoms with Crippen molar-refractivity contribution in [2.45, 2.75) is 19.4 Å². The molecule has 1 fully saturated rings. The second-order valence-corrected chi connectivity index (χ2v) is 5.73. The number of rotatable bonds is 2. The molecule has 0 radical (unpaired) electrons. The molecule has 0 aromatic heterocycles. The summed E-state index contributed by atoms with van der Waals surface area (Å²) < 4.78 is 12.5. The first-order valence-corrected chi connectivity index (χ1v) is 6.63. The van der Waals surface area contributed by atoms with Crippen molar-refractivity contribution in [3.63, 3.8) is 0 Å². The van der Waals surface area contributed by atoms with Crippen molar-refractivity contribution in [3.05, 3.63) is 22.2 Å². The quantitative estimate of drug-likeness (QED) is 0.623. The maximum Gasteiger partial charge on any atom is 0.235 e. The molecule has 1 spiro atoms. The number of fused-ring (bicyclic) bond motifs is 1. The third kappa shape index (κ3) is 2.16. The van der Waals surface area contributed by atoms with Gasteiger partial charge in [-0.2, -0.15) is 0 Å². The Labute approximate surface area is 113 Å². The van der Waals surface area contributed by atoms with E-state index in [1.165, 1.54) is 12.8 Å². The zero-order valence-electron chi connectivity index (χ0n) is 9.74. The Morgan fingerprint density at radius 1 is 1.28 bits per heavy atom. The Kier molecular flexibility index (Phi) is 2.88. The van der Waals surface area contributed by atoms with Crippen LogP contribution in [0.15, 0.2) is 21.6 Å². The molecule has 1 aromatic carbocycles. The van der Waals surface area contributed by atoms with Crippen LogP contribution in [-0.2, 0) is 11.3 Å². The lowest BCUT2D eigenvalue weighted by Gasteiger charge is -2.09. The van der Waals surface area contributed by atoms with Crippen molar-refractivity contribution in [2.24, 2.45) is 10.4 Å². The summed E-state index contributed by atoms with van der Waals surface area (Å²) in [4.78, 5) is 13.7. The average Bonchev–Trinajstić information content (AvgIpc) is 3.16. The standard InChI is InChI=1S/C13H12BrNO3/c14-10-4-12-11(3-9(10)5-15-8-16)17-6-13(1-2-13)7-18-12/h3-4H,1-2,5-7H2. The lowest BCUT2D eigenvalue weighted by atomic mass is 10.1. The predicted molar refractivity (Wildman–Crippen MR) is 68.6 cm³/mol. The first kappa shape index (κ1) is 11.8. The zero-order chi connectivity index (χ0) is 12.6. The summed E-state index contributed by atoms with van der Waals surface area (Å²) in [7, 11) is 0. The van der Waals surface area contributed by atoms with E-state index in [0.29, 0.717) is 13.2 Å². The van der Waals surface area contributed by atoms with Gasteiger partial charge in [0, 0.05) is 9.89 Å². The van der Waals surface area contributed by atoms with Crippen molar-refractivity contribution < 1.29 is 14.3 Å². The molecule has 1 aliphatic heterocycles. The summed E-state index contributed by atoms with van der Waals surface area (Å²) in [6, 6.07) is 3.76. The second-order valence-electron chi connectivity index (χ2n) is 4.88. The largest absolute Gasteiger partial charge is 0.489 e. The lowest BCUT2D eigenvalue weighted by molar-refractivity contribution is 0.197. The summed E-state index contributed by atoms with van der Waals surface area (Å²) in [5, 5.41) is 0. The van der Waals surface area contributed by atoms with Crippen molar-refractivity contribution in [1.29, 1.82) is 0 Å². The van der Waals surface area contributed by atoms with Crippen LogP contribution in [0, 0.1) is 5.41 Å². The maximum absolute atomic E-state index is 10.2. The highest BCUT2D eigenvalue weighted by molar-refractivity contribution is 9.10. The van der Waals surface area contributed by atoms with Gasteiger partial charge in [0.15, 0.2) is 11.5 Å². The summed E-state index contributed by atoms with van der Waals surface area (Å²) in [5.41, 5.74) is 1.12. The van der Waals surface area contributed by atoms with Crippen LogP contribution in [0.5, 0.6) is 11.5 Å². The minimum atomic E-state index is 0.229. The molecule has 0 amide bonds. The number of carbonyl (C=O) groups excluding carboxylic acids is 1. The van der Waals surface area contributed by atoms with Gasteiger partial charge < -0.3 is 9.47 Å². The Morgan fingerprint density at radius 3 is 2.56 bits per heavy atom. The van der Waals surface area contributed by atoms with Gasteiger partial charge in [-0.15, -0.1) is 0 Å². The normalized spacial score (nSPS) is 18.9. The average molecular weight is 310 g/mol. The first-order valence-electron chi connectivity index (χ1n) is 5.84. The zero-order valence-corrected chi connectivity index (χ0v) is 11.3. The molecule has 0 atom stereocenters. The van der Waals surface area contributed by atoms with Gasteiger partial charge in [-0.1, -0.05) is 15.9 Å². The van der Waals surface area contributed by atoms with E-state index in [1.807, 2.05) is 12.1 Å². The summed E-state index contributed by atoms with van der Waals surface area (Å²) in [6.45, 7) is 1.72. The molecule has 0 saturated heterocycles. The van der Waals surface area contributed by atoms with E-state index in [-0.39, 0.29) is 5.41 Å². The van der Waals surface area contributed by atoms with Crippen LogP contribution in [0.3, 0.4) is 0 Å². The molecular weight excluding hydrogens is 298 g/mol. The topological polar surface area (TPSA) is 47.9 Å². The number of aliphatic imine (C=N–C) groups is 1. The molecule has 2 aliphatic rings. The minimum absolute atomic E-state index is 0.229. The fourth-order valence-corrected chi connectivity index (χ4v) is 2.46. The van der Waals surface area contributed by atoms with Gasteiger partial charge in [0.1, 0.15) is 0 Å². The summed E-state index contributed by atoms with van der Waals surface area (Å²) in [6.07, 6.45) is 3.88. The number of nitrogens with zero attached hydrogens (tertiary/aromatic N) is 1. The van der Waals surface area contributed by atoms with Gasteiger partial charge in [0.25, 0.3) is 0 Å². The number of ether oxygens (including phenoxy) is 2. The summed E-state index contributed by atoms with van der Waals surface area (Å²) >= 11 is 3.45. The van der Waals surface area contributed by atoms with Crippen LogP contribution in [-0.4, -0.2) is 19.3 Å². The highest BCUT2D eigenvalue weighted by Gasteiger charge is 2.46. The van der Waals surface area contributed by atoms with Gasteiger partial charge >= 0.3 is 0 Å². The van der Waals surface area contributed by atoms with E-state index in [0.717, 1.165) is 28.1 Å². The molecule has 18 heavy (non-hydrogen) atoms. The lowest BCUT2D eigenvalue weighted by Crippen LogP contribution is -2.17. The van der Waals surface area contributed by atoms with Gasteiger partial charge in [0.2, 0.25) is 6.08 Å². The van der Waals surface area contributed by atoms with Gasteiger partial charge in [0.05, 0.1) is 19.8 Å². The van der Waals surface area contributed by atoms with E-state index in [1.54, 1.807) is 6.08 Å². The fraction of sp³-hybridized carbons (Fsp3) is 0.462. The van der Waals surface area contributed by atoms with E-state index >= 15 is 0 Å². The number of isocyanates is 1. The Hall–Kier alpha value is -1.32. The van der Waals surface area contributed by atoms with Crippen molar-refractivity contribution in [1.82, 2.24) is 0 Å². The first-order chi connectivity index (χ1) is 8.72. The molecule has 5 heteroatoms. The number of halogens is 1. The molecule has 1 heterocycles. The predicted octanol–water partition coefficient (Wildman–Crippen LogP) is 2.84. The van der Waals surface area contributed by atoms with Crippen LogP contribution in [0.4, 0.5) is 0 Å². The molecule has 1 aliphatic carbocycles. The maximum atomic E-state index is 10.2. The molecule has 0 N–H and O–H groups in total. The molecule has 4 nitrogen and oxygen atoms in total. The monoisotopic (exact) mass is 309 g/mol. The van der Waals surface area contributed by atoms with Crippen molar-refractivity contribution in [3.8, 4) is 11.5 Å². The number of benzene rings is 1. The SMILES string of the molecule is O=C=NCc1cc2c(cc1Br)OCC1(CC1)CO2. The Morgan fingerprint density at radius 2 is 1.94 bits per heavy atom. The highest BCUT2D eigenvalue weighted by Crippen LogP contribution is 2.49.